The van der Waals surface area contributed by atoms with Crippen molar-refractivity contribution < 1.29 is 14.6 Å². The van der Waals surface area contributed by atoms with E-state index in [-0.39, 0.29) is 11.6 Å². The monoisotopic (exact) mass is 274 g/mol. The maximum absolute atomic E-state index is 10.7. The molecule has 0 amide bonds. The van der Waals surface area contributed by atoms with Gasteiger partial charge in [0.05, 0.1) is 7.11 Å². The summed E-state index contributed by atoms with van der Waals surface area (Å²) in [6.45, 7) is 0. The molecule has 5 nitrogen and oxygen atoms in total. The van der Waals surface area contributed by atoms with Crippen LogP contribution in [0.1, 0.15) is 10.5 Å². The van der Waals surface area contributed by atoms with Crippen LogP contribution in [0.3, 0.4) is 0 Å². The van der Waals surface area contributed by atoms with Crippen LogP contribution in [0.4, 0.5) is 5.69 Å². The number of hydrogen-bond donors (Lipinski definition) is 1. The quantitative estimate of drug-likeness (QED) is 0.908. The first-order valence-electron chi connectivity index (χ1n) is 4.12. The lowest BCUT2D eigenvalue weighted by atomic mass is 10.3. The lowest BCUT2D eigenvalue weighted by molar-refractivity contribution is 0.0689. The lowest BCUT2D eigenvalue weighted by Gasteiger charge is -2.17. The highest BCUT2D eigenvalue weighted by Gasteiger charge is 2.16. The molecular weight excluding hydrogens is 264 g/mol. The topological polar surface area (TPSA) is 62.7 Å². The molecule has 1 N–H and O–H groups in total. The molecule has 82 valence electrons. The summed E-state index contributed by atoms with van der Waals surface area (Å²) in [6.07, 6.45) is 0. The molecule has 6 heteroatoms. The standard InChI is InChI=1S/C9H11BrN2O3/c1-12(2)7-5(10)4-6(9(13)14)11-8(7)15-3/h4H,1-3H3,(H,13,14). The van der Waals surface area contributed by atoms with Crippen LogP contribution in [0.15, 0.2) is 10.5 Å². The van der Waals surface area contributed by atoms with E-state index in [1.165, 1.54) is 13.2 Å². The second-order valence-electron chi connectivity index (χ2n) is 3.05. The fourth-order valence-electron chi connectivity index (χ4n) is 1.14. The predicted octanol–water partition coefficient (Wildman–Crippen LogP) is 1.62. The van der Waals surface area contributed by atoms with E-state index in [1.807, 2.05) is 14.1 Å². The van der Waals surface area contributed by atoms with Crippen LogP contribution < -0.4 is 9.64 Å². The molecule has 1 heterocycles. The Morgan fingerprint density at radius 1 is 1.60 bits per heavy atom. The van der Waals surface area contributed by atoms with Crippen molar-refractivity contribution in [1.29, 1.82) is 0 Å². The van der Waals surface area contributed by atoms with Gasteiger partial charge in [0, 0.05) is 18.6 Å². The molecule has 0 fully saturated rings. The van der Waals surface area contributed by atoms with Crippen LogP contribution in [-0.2, 0) is 0 Å². The van der Waals surface area contributed by atoms with Crippen molar-refractivity contribution in [3.8, 4) is 5.88 Å². The number of ether oxygens (including phenoxy) is 1. The summed E-state index contributed by atoms with van der Waals surface area (Å²) in [7, 11) is 5.10. The highest BCUT2D eigenvalue weighted by Crippen LogP contribution is 2.33. The largest absolute Gasteiger partial charge is 0.479 e. The number of aromatic carboxylic acids is 1. The van der Waals surface area contributed by atoms with Crippen molar-refractivity contribution in [3.05, 3.63) is 16.2 Å². The van der Waals surface area contributed by atoms with Crippen molar-refractivity contribution >= 4 is 27.6 Å². The third-order valence-corrected chi connectivity index (χ3v) is 2.38. The van der Waals surface area contributed by atoms with E-state index in [2.05, 4.69) is 20.9 Å². The minimum Gasteiger partial charge on any atom is -0.479 e. The van der Waals surface area contributed by atoms with Gasteiger partial charge in [0.2, 0.25) is 5.88 Å². The molecular formula is C9H11BrN2O3. The maximum atomic E-state index is 10.7. The van der Waals surface area contributed by atoms with Gasteiger partial charge in [-0.15, -0.1) is 0 Å². The van der Waals surface area contributed by atoms with E-state index < -0.39 is 5.97 Å². The van der Waals surface area contributed by atoms with E-state index >= 15 is 0 Å². The molecule has 0 aliphatic carbocycles. The number of anilines is 1. The Morgan fingerprint density at radius 3 is 2.60 bits per heavy atom. The summed E-state index contributed by atoms with van der Waals surface area (Å²) in [5.74, 6) is -0.800. The zero-order valence-corrected chi connectivity index (χ0v) is 10.2. The van der Waals surface area contributed by atoms with Crippen LogP contribution in [0.5, 0.6) is 5.88 Å². The van der Waals surface area contributed by atoms with Crippen molar-refractivity contribution in [2.45, 2.75) is 0 Å². The molecule has 0 saturated heterocycles. The average Bonchev–Trinajstić information content (AvgIpc) is 2.15. The number of aromatic nitrogens is 1. The predicted molar refractivity (Wildman–Crippen MR) is 59.8 cm³/mol. The second kappa shape index (κ2) is 4.48. The number of hydrogen-bond acceptors (Lipinski definition) is 4. The van der Waals surface area contributed by atoms with E-state index in [9.17, 15) is 4.79 Å². The van der Waals surface area contributed by atoms with Crippen molar-refractivity contribution in [2.75, 3.05) is 26.1 Å². The first-order chi connectivity index (χ1) is 6.97. The Balaban J connectivity index is 3.37. The maximum Gasteiger partial charge on any atom is 0.354 e. The van der Waals surface area contributed by atoms with Crippen LogP contribution in [0.25, 0.3) is 0 Å². The fourth-order valence-corrected chi connectivity index (χ4v) is 1.88. The third kappa shape index (κ3) is 2.38. The third-order valence-electron chi connectivity index (χ3n) is 1.77. The highest BCUT2D eigenvalue weighted by atomic mass is 79.9. The van der Waals surface area contributed by atoms with Gasteiger partial charge in [-0.25, -0.2) is 9.78 Å². The number of halogens is 1. The SMILES string of the molecule is COc1nc(C(=O)O)cc(Br)c1N(C)C. The first kappa shape index (κ1) is 11.8. The van der Waals surface area contributed by atoms with Crippen molar-refractivity contribution in [2.24, 2.45) is 0 Å². The van der Waals surface area contributed by atoms with E-state index in [1.54, 1.807) is 4.90 Å². The molecule has 0 atom stereocenters. The summed E-state index contributed by atoms with van der Waals surface area (Å²) in [5, 5.41) is 8.81. The number of carboxylic acid groups (broad SMARTS) is 1. The molecule has 1 aromatic rings. The minimum atomic E-state index is -1.08. The Kier molecular flexibility index (Phi) is 3.52. The Morgan fingerprint density at radius 2 is 2.20 bits per heavy atom. The molecule has 0 unspecified atom stereocenters. The molecule has 0 aliphatic heterocycles. The van der Waals surface area contributed by atoms with Crippen LogP contribution in [0.2, 0.25) is 0 Å². The Bertz CT molecular complexity index is 393. The van der Waals surface area contributed by atoms with Gasteiger partial charge in [-0.05, 0) is 22.0 Å². The van der Waals surface area contributed by atoms with E-state index in [4.69, 9.17) is 9.84 Å². The minimum absolute atomic E-state index is 0.0516. The smallest absolute Gasteiger partial charge is 0.354 e. The van der Waals surface area contributed by atoms with E-state index in [0.717, 1.165) is 0 Å². The molecule has 0 bridgehead atoms. The summed E-state index contributed by atoms with van der Waals surface area (Å²) in [4.78, 5) is 16.4. The number of nitrogens with zero attached hydrogens (tertiary/aromatic N) is 2. The lowest BCUT2D eigenvalue weighted by Crippen LogP contribution is -2.13. The van der Waals surface area contributed by atoms with Gasteiger partial charge < -0.3 is 14.7 Å². The molecule has 0 spiro atoms. The normalized spacial score (nSPS) is 9.87. The van der Waals surface area contributed by atoms with Gasteiger partial charge >= 0.3 is 5.97 Å². The molecule has 1 aromatic heterocycles. The zero-order valence-electron chi connectivity index (χ0n) is 8.61. The Hall–Kier alpha value is -1.30. The molecule has 0 aliphatic rings. The summed E-state index contributed by atoms with van der Waals surface area (Å²) < 4.78 is 5.67. The van der Waals surface area contributed by atoms with Gasteiger partial charge in [-0.2, -0.15) is 0 Å². The van der Waals surface area contributed by atoms with Gasteiger partial charge in [-0.1, -0.05) is 0 Å². The van der Waals surface area contributed by atoms with Crippen LogP contribution in [-0.4, -0.2) is 37.3 Å². The van der Waals surface area contributed by atoms with Crippen molar-refractivity contribution in [1.82, 2.24) is 4.98 Å². The van der Waals surface area contributed by atoms with Gasteiger partial charge in [0.15, 0.2) is 5.69 Å². The van der Waals surface area contributed by atoms with Gasteiger partial charge in [0.25, 0.3) is 0 Å². The highest BCUT2D eigenvalue weighted by molar-refractivity contribution is 9.10. The molecule has 15 heavy (non-hydrogen) atoms. The summed E-state index contributed by atoms with van der Waals surface area (Å²) in [5.41, 5.74) is 0.659. The number of rotatable bonds is 3. The Labute approximate surface area is 95.8 Å². The van der Waals surface area contributed by atoms with Crippen LogP contribution in [0, 0.1) is 0 Å². The van der Waals surface area contributed by atoms with E-state index in [0.29, 0.717) is 10.2 Å². The molecule has 1 rings (SSSR count). The van der Waals surface area contributed by atoms with Gasteiger partial charge in [-0.3, -0.25) is 0 Å². The number of carboxylic acids is 1. The average molecular weight is 275 g/mol. The summed E-state index contributed by atoms with van der Waals surface area (Å²) in [6, 6.07) is 1.44. The van der Waals surface area contributed by atoms with Gasteiger partial charge in [0.1, 0.15) is 5.69 Å². The second-order valence-corrected chi connectivity index (χ2v) is 3.90. The number of methoxy groups -OCH3 is 1. The van der Waals surface area contributed by atoms with Crippen molar-refractivity contribution in [3.63, 3.8) is 0 Å². The molecule has 0 radical (unpaired) electrons. The van der Waals surface area contributed by atoms with Crippen LogP contribution >= 0.6 is 15.9 Å². The first-order valence-corrected chi connectivity index (χ1v) is 4.91. The molecule has 0 saturated carbocycles. The fraction of sp³-hybridized carbons (Fsp3) is 0.333. The molecule has 0 aromatic carbocycles. The summed E-state index contributed by atoms with van der Waals surface area (Å²) >= 11 is 3.28. The zero-order chi connectivity index (χ0) is 11.6. The number of pyridine rings is 1. The number of carbonyl (C=O) groups is 1.